The van der Waals surface area contributed by atoms with Gasteiger partial charge < -0.3 is 10.5 Å². The molecule has 0 saturated carbocycles. The Morgan fingerprint density at radius 2 is 2.22 bits per heavy atom. The Bertz CT molecular complexity index is 551. The number of hydrogen-bond acceptors (Lipinski definition) is 3. The summed E-state index contributed by atoms with van der Waals surface area (Å²) in [4.78, 5) is 0. The van der Waals surface area contributed by atoms with E-state index in [2.05, 4.69) is 5.10 Å². The Hall–Kier alpha value is -1.88. The molecule has 5 heteroatoms. The van der Waals surface area contributed by atoms with Gasteiger partial charge in [0, 0.05) is 24.7 Å². The van der Waals surface area contributed by atoms with E-state index in [1.165, 1.54) is 13.2 Å². The van der Waals surface area contributed by atoms with E-state index in [1.807, 2.05) is 13.1 Å². The summed E-state index contributed by atoms with van der Waals surface area (Å²) in [6, 6.07) is 4.89. The Labute approximate surface area is 105 Å². The van der Waals surface area contributed by atoms with Crippen LogP contribution in [0, 0.1) is 5.82 Å². The molecule has 96 valence electrons. The normalized spacial score (nSPS) is 10.7. The highest BCUT2D eigenvalue weighted by Crippen LogP contribution is 2.27. The van der Waals surface area contributed by atoms with Gasteiger partial charge in [-0.3, -0.25) is 4.68 Å². The molecule has 0 amide bonds. The maximum absolute atomic E-state index is 13.7. The average molecular weight is 249 g/mol. The summed E-state index contributed by atoms with van der Waals surface area (Å²) in [6.45, 7) is 0.533. The van der Waals surface area contributed by atoms with Crippen LogP contribution in [-0.4, -0.2) is 23.4 Å². The molecule has 0 spiro atoms. The van der Waals surface area contributed by atoms with Gasteiger partial charge in [-0.05, 0) is 24.2 Å². The van der Waals surface area contributed by atoms with Crippen molar-refractivity contribution in [3.8, 4) is 16.9 Å². The zero-order valence-electron chi connectivity index (χ0n) is 10.5. The number of hydrogen-bond donors (Lipinski definition) is 1. The molecular weight excluding hydrogens is 233 g/mol. The van der Waals surface area contributed by atoms with Crippen LogP contribution in [0.25, 0.3) is 11.1 Å². The number of aryl methyl sites for hydroxylation is 1. The summed E-state index contributed by atoms with van der Waals surface area (Å²) in [5, 5.41) is 4.19. The third-order valence-corrected chi connectivity index (χ3v) is 2.91. The monoisotopic (exact) mass is 249 g/mol. The van der Waals surface area contributed by atoms with Crippen LogP contribution in [0.3, 0.4) is 0 Å². The number of methoxy groups -OCH3 is 1. The first-order chi connectivity index (χ1) is 8.67. The summed E-state index contributed by atoms with van der Waals surface area (Å²) in [6.07, 6.45) is 2.44. The third kappa shape index (κ3) is 2.22. The van der Waals surface area contributed by atoms with Crippen LogP contribution in [0.5, 0.6) is 5.75 Å². The molecule has 2 rings (SSSR count). The highest BCUT2D eigenvalue weighted by molar-refractivity contribution is 5.66. The minimum Gasteiger partial charge on any atom is -0.494 e. The van der Waals surface area contributed by atoms with Crippen LogP contribution in [0.15, 0.2) is 24.4 Å². The fourth-order valence-corrected chi connectivity index (χ4v) is 1.97. The SMILES string of the molecule is COc1ccc(-c2cnn(C)c2CCN)cc1F. The van der Waals surface area contributed by atoms with Crippen LogP contribution in [0.1, 0.15) is 5.69 Å². The summed E-state index contributed by atoms with van der Waals surface area (Å²) in [5.74, 6) is -0.138. The van der Waals surface area contributed by atoms with Gasteiger partial charge >= 0.3 is 0 Å². The summed E-state index contributed by atoms with van der Waals surface area (Å²) >= 11 is 0. The summed E-state index contributed by atoms with van der Waals surface area (Å²) in [5.41, 5.74) is 8.27. The second-order valence-corrected chi connectivity index (χ2v) is 4.02. The lowest BCUT2D eigenvalue weighted by Gasteiger charge is -2.07. The van der Waals surface area contributed by atoms with Gasteiger partial charge in [-0.2, -0.15) is 5.10 Å². The minimum atomic E-state index is -0.377. The van der Waals surface area contributed by atoms with Gasteiger partial charge in [0.25, 0.3) is 0 Å². The van der Waals surface area contributed by atoms with E-state index in [1.54, 1.807) is 16.9 Å². The predicted molar refractivity (Wildman–Crippen MR) is 67.9 cm³/mol. The molecule has 0 unspecified atom stereocenters. The lowest BCUT2D eigenvalue weighted by molar-refractivity contribution is 0.386. The second-order valence-electron chi connectivity index (χ2n) is 4.02. The van der Waals surface area contributed by atoms with Crippen molar-refractivity contribution in [3.05, 3.63) is 35.9 Å². The van der Waals surface area contributed by atoms with E-state index in [-0.39, 0.29) is 11.6 Å². The van der Waals surface area contributed by atoms with Gasteiger partial charge in [-0.15, -0.1) is 0 Å². The van der Waals surface area contributed by atoms with Crippen molar-refractivity contribution >= 4 is 0 Å². The molecule has 0 saturated heterocycles. The van der Waals surface area contributed by atoms with Crippen molar-refractivity contribution in [1.29, 1.82) is 0 Å². The van der Waals surface area contributed by atoms with Gasteiger partial charge in [0.15, 0.2) is 11.6 Å². The zero-order valence-corrected chi connectivity index (χ0v) is 10.5. The molecule has 4 nitrogen and oxygen atoms in total. The molecular formula is C13H16FN3O. The van der Waals surface area contributed by atoms with Crippen molar-refractivity contribution in [2.75, 3.05) is 13.7 Å². The molecule has 18 heavy (non-hydrogen) atoms. The van der Waals surface area contributed by atoms with E-state index < -0.39 is 0 Å². The average Bonchev–Trinajstić information content (AvgIpc) is 2.72. The molecule has 0 atom stereocenters. The van der Waals surface area contributed by atoms with Crippen molar-refractivity contribution in [2.24, 2.45) is 12.8 Å². The van der Waals surface area contributed by atoms with Crippen molar-refractivity contribution in [2.45, 2.75) is 6.42 Å². The largest absolute Gasteiger partial charge is 0.494 e. The first kappa shape index (κ1) is 12.6. The molecule has 1 aromatic carbocycles. The molecule has 1 aromatic heterocycles. The zero-order chi connectivity index (χ0) is 13.1. The Balaban J connectivity index is 2.45. The van der Waals surface area contributed by atoms with Crippen LogP contribution < -0.4 is 10.5 Å². The van der Waals surface area contributed by atoms with Crippen molar-refractivity contribution in [3.63, 3.8) is 0 Å². The van der Waals surface area contributed by atoms with Crippen LogP contribution in [0.4, 0.5) is 4.39 Å². The van der Waals surface area contributed by atoms with Gasteiger partial charge in [-0.25, -0.2) is 4.39 Å². The molecule has 2 aromatic rings. The van der Waals surface area contributed by atoms with E-state index >= 15 is 0 Å². The first-order valence-corrected chi connectivity index (χ1v) is 5.72. The molecule has 1 heterocycles. The van der Waals surface area contributed by atoms with E-state index in [0.717, 1.165) is 16.8 Å². The fraction of sp³-hybridized carbons (Fsp3) is 0.308. The number of ether oxygens (including phenoxy) is 1. The summed E-state index contributed by atoms with van der Waals surface area (Å²) < 4.78 is 20.4. The maximum atomic E-state index is 13.7. The van der Waals surface area contributed by atoms with Gasteiger partial charge in [0.1, 0.15) is 0 Å². The number of rotatable bonds is 4. The van der Waals surface area contributed by atoms with Crippen molar-refractivity contribution in [1.82, 2.24) is 9.78 Å². The number of aromatic nitrogens is 2. The Morgan fingerprint density at radius 3 is 2.83 bits per heavy atom. The fourth-order valence-electron chi connectivity index (χ4n) is 1.97. The molecule has 0 aliphatic heterocycles. The molecule has 0 bridgehead atoms. The summed E-state index contributed by atoms with van der Waals surface area (Å²) in [7, 11) is 3.30. The highest BCUT2D eigenvalue weighted by Gasteiger charge is 2.12. The van der Waals surface area contributed by atoms with Gasteiger partial charge in [0.2, 0.25) is 0 Å². The van der Waals surface area contributed by atoms with Crippen LogP contribution in [-0.2, 0) is 13.5 Å². The topological polar surface area (TPSA) is 53.1 Å². The van der Waals surface area contributed by atoms with Gasteiger partial charge in [0.05, 0.1) is 13.3 Å². The molecule has 0 fully saturated rings. The van der Waals surface area contributed by atoms with Gasteiger partial charge in [-0.1, -0.05) is 6.07 Å². The lowest BCUT2D eigenvalue weighted by atomic mass is 10.0. The number of nitrogens with two attached hydrogens (primary N) is 1. The Kier molecular flexibility index (Phi) is 3.62. The molecule has 2 N–H and O–H groups in total. The quantitative estimate of drug-likeness (QED) is 0.898. The van der Waals surface area contributed by atoms with E-state index in [9.17, 15) is 4.39 Å². The lowest BCUT2D eigenvalue weighted by Crippen LogP contribution is -2.08. The standard InChI is InChI=1S/C13H16FN3O/c1-17-12(5-6-15)10(8-16-17)9-3-4-13(18-2)11(14)7-9/h3-4,7-8H,5-6,15H2,1-2H3. The number of halogens is 1. The minimum absolute atomic E-state index is 0.239. The molecule has 0 aliphatic rings. The van der Waals surface area contributed by atoms with E-state index in [4.69, 9.17) is 10.5 Å². The Morgan fingerprint density at radius 1 is 1.44 bits per heavy atom. The van der Waals surface area contributed by atoms with E-state index in [0.29, 0.717) is 13.0 Å². The number of benzene rings is 1. The van der Waals surface area contributed by atoms with Crippen LogP contribution in [0.2, 0.25) is 0 Å². The molecule has 0 aliphatic carbocycles. The molecule has 0 radical (unpaired) electrons. The third-order valence-electron chi connectivity index (χ3n) is 2.91. The second kappa shape index (κ2) is 5.18. The maximum Gasteiger partial charge on any atom is 0.165 e. The predicted octanol–water partition coefficient (Wildman–Crippen LogP) is 1.74. The van der Waals surface area contributed by atoms with Crippen LogP contribution >= 0.6 is 0 Å². The first-order valence-electron chi connectivity index (χ1n) is 5.72. The van der Waals surface area contributed by atoms with Crippen molar-refractivity contribution < 1.29 is 9.13 Å². The number of nitrogens with zero attached hydrogens (tertiary/aromatic N) is 2. The smallest absolute Gasteiger partial charge is 0.165 e. The highest BCUT2D eigenvalue weighted by atomic mass is 19.1.